The molecule has 0 atom stereocenters. The Morgan fingerprint density at radius 1 is 1.24 bits per heavy atom. The first-order chi connectivity index (χ1) is 9.87. The quantitative estimate of drug-likeness (QED) is 0.901. The minimum Gasteiger partial charge on any atom is -0.300 e. The standard InChI is InChI=1S/C14H22FN3O2S/c1-12(2)11-17-6-8-18(9-7-17)21(19,20)16-14-5-3-4-13(15)10-14/h3-5,10,12,16H,6-9,11H2,1-2H3. The zero-order valence-corrected chi connectivity index (χ0v) is 13.2. The molecule has 0 aliphatic carbocycles. The van der Waals surface area contributed by atoms with Crippen LogP contribution in [0.2, 0.25) is 0 Å². The van der Waals surface area contributed by atoms with Crippen LogP contribution in [-0.4, -0.2) is 50.3 Å². The molecule has 118 valence electrons. The normalized spacial score (nSPS) is 18.1. The van der Waals surface area contributed by atoms with Gasteiger partial charge in [0.05, 0.1) is 5.69 Å². The maximum Gasteiger partial charge on any atom is 0.301 e. The van der Waals surface area contributed by atoms with Gasteiger partial charge in [-0.3, -0.25) is 4.72 Å². The number of rotatable bonds is 5. The largest absolute Gasteiger partial charge is 0.301 e. The van der Waals surface area contributed by atoms with Crippen molar-refractivity contribution in [1.29, 1.82) is 0 Å². The van der Waals surface area contributed by atoms with Crippen LogP contribution in [0.25, 0.3) is 0 Å². The van der Waals surface area contributed by atoms with E-state index in [1.54, 1.807) is 0 Å². The highest BCUT2D eigenvalue weighted by atomic mass is 32.2. The number of piperazine rings is 1. The smallest absolute Gasteiger partial charge is 0.300 e. The second-order valence-electron chi connectivity index (χ2n) is 5.71. The zero-order valence-electron chi connectivity index (χ0n) is 12.4. The summed E-state index contributed by atoms with van der Waals surface area (Å²) < 4.78 is 41.5. The number of halogens is 1. The van der Waals surface area contributed by atoms with Crippen molar-refractivity contribution in [3.63, 3.8) is 0 Å². The molecular formula is C14H22FN3O2S. The average Bonchev–Trinajstić information content (AvgIpc) is 2.38. The second-order valence-corrected chi connectivity index (χ2v) is 7.38. The molecular weight excluding hydrogens is 293 g/mol. The van der Waals surface area contributed by atoms with Gasteiger partial charge in [0.2, 0.25) is 0 Å². The third-order valence-corrected chi connectivity index (χ3v) is 4.90. The first kappa shape index (κ1) is 16.2. The van der Waals surface area contributed by atoms with Crippen LogP contribution in [-0.2, 0) is 10.2 Å². The minimum absolute atomic E-state index is 0.250. The lowest BCUT2D eigenvalue weighted by Crippen LogP contribution is -2.50. The number of hydrogen-bond donors (Lipinski definition) is 1. The SMILES string of the molecule is CC(C)CN1CCN(S(=O)(=O)Nc2cccc(F)c2)CC1. The van der Waals surface area contributed by atoms with Crippen LogP contribution in [0.5, 0.6) is 0 Å². The second kappa shape index (κ2) is 6.72. The highest BCUT2D eigenvalue weighted by Gasteiger charge is 2.27. The van der Waals surface area contributed by atoms with E-state index < -0.39 is 16.0 Å². The lowest BCUT2D eigenvalue weighted by atomic mass is 10.2. The third-order valence-electron chi connectivity index (χ3n) is 3.37. The lowest BCUT2D eigenvalue weighted by Gasteiger charge is -2.34. The predicted molar refractivity (Wildman–Crippen MR) is 81.8 cm³/mol. The number of anilines is 1. The van der Waals surface area contributed by atoms with Crippen LogP contribution in [0.3, 0.4) is 0 Å². The van der Waals surface area contributed by atoms with Crippen LogP contribution >= 0.6 is 0 Å². The van der Waals surface area contributed by atoms with Crippen molar-refractivity contribution >= 4 is 15.9 Å². The van der Waals surface area contributed by atoms with Crippen molar-refractivity contribution in [2.45, 2.75) is 13.8 Å². The van der Waals surface area contributed by atoms with Crippen LogP contribution in [0.4, 0.5) is 10.1 Å². The van der Waals surface area contributed by atoms with E-state index in [1.807, 2.05) is 0 Å². The molecule has 1 aromatic rings. The van der Waals surface area contributed by atoms with E-state index in [0.29, 0.717) is 19.0 Å². The van der Waals surface area contributed by atoms with Crippen LogP contribution < -0.4 is 4.72 Å². The summed E-state index contributed by atoms with van der Waals surface area (Å²) >= 11 is 0. The van der Waals surface area contributed by atoms with Gasteiger partial charge in [-0.25, -0.2) is 4.39 Å². The molecule has 1 fully saturated rings. The fourth-order valence-corrected chi connectivity index (χ4v) is 3.63. The summed E-state index contributed by atoms with van der Waals surface area (Å²) in [7, 11) is -3.62. The van der Waals surface area contributed by atoms with Gasteiger partial charge in [0.15, 0.2) is 0 Å². The molecule has 0 saturated carbocycles. The Kier molecular flexibility index (Phi) is 5.18. The number of hydrogen-bond acceptors (Lipinski definition) is 3. The Labute approximate surface area is 125 Å². The average molecular weight is 315 g/mol. The molecule has 1 aliphatic heterocycles. The van der Waals surface area contributed by atoms with Crippen molar-refractivity contribution in [1.82, 2.24) is 9.21 Å². The summed E-state index contributed by atoms with van der Waals surface area (Å²) in [6, 6.07) is 5.47. The molecule has 21 heavy (non-hydrogen) atoms. The lowest BCUT2D eigenvalue weighted by molar-refractivity contribution is 0.172. The van der Waals surface area contributed by atoms with Gasteiger partial charge in [-0.15, -0.1) is 0 Å². The molecule has 1 aliphatic rings. The van der Waals surface area contributed by atoms with Gasteiger partial charge in [-0.1, -0.05) is 19.9 Å². The van der Waals surface area contributed by atoms with Gasteiger partial charge >= 0.3 is 10.2 Å². The maximum absolute atomic E-state index is 13.1. The molecule has 1 heterocycles. The molecule has 1 N–H and O–H groups in total. The Hall–Kier alpha value is -1.18. The molecule has 7 heteroatoms. The van der Waals surface area contributed by atoms with Crippen molar-refractivity contribution in [2.24, 2.45) is 5.92 Å². The first-order valence-electron chi connectivity index (χ1n) is 7.12. The molecule has 0 amide bonds. The van der Waals surface area contributed by atoms with Gasteiger partial charge in [0, 0.05) is 32.7 Å². The van der Waals surface area contributed by atoms with Gasteiger partial charge in [-0.05, 0) is 24.1 Å². The summed E-state index contributed by atoms with van der Waals surface area (Å²) in [5, 5.41) is 0. The van der Waals surface area contributed by atoms with Crippen molar-refractivity contribution in [3.8, 4) is 0 Å². The Balaban J connectivity index is 1.95. The van der Waals surface area contributed by atoms with Crippen LogP contribution in [0.1, 0.15) is 13.8 Å². The Bertz CT molecular complexity index is 569. The van der Waals surface area contributed by atoms with E-state index in [9.17, 15) is 12.8 Å². The van der Waals surface area contributed by atoms with E-state index >= 15 is 0 Å². The maximum atomic E-state index is 13.1. The summed E-state index contributed by atoms with van der Waals surface area (Å²) in [6.07, 6.45) is 0. The van der Waals surface area contributed by atoms with Crippen molar-refractivity contribution < 1.29 is 12.8 Å². The molecule has 0 bridgehead atoms. The summed E-state index contributed by atoms with van der Waals surface area (Å²) in [4.78, 5) is 2.26. The van der Waals surface area contributed by atoms with Gasteiger partial charge in [0.1, 0.15) is 5.82 Å². The van der Waals surface area contributed by atoms with Crippen molar-refractivity contribution in [3.05, 3.63) is 30.1 Å². The van der Waals surface area contributed by atoms with E-state index in [-0.39, 0.29) is 5.69 Å². The minimum atomic E-state index is -3.62. The topological polar surface area (TPSA) is 52.7 Å². The van der Waals surface area contributed by atoms with Crippen LogP contribution in [0, 0.1) is 11.7 Å². The predicted octanol–water partition coefficient (Wildman–Crippen LogP) is 1.76. The van der Waals surface area contributed by atoms with E-state index in [2.05, 4.69) is 23.5 Å². The van der Waals surface area contributed by atoms with E-state index in [0.717, 1.165) is 19.6 Å². The van der Waals surface area contributed by atoms with Gasteiger partial charge in [-0.2, -0.15) is 12.7 Å². The Morgan fingerprint density at radius 3 is 2.48 bits per heavy atom. The molecule has 1 aromatic carbocycles. The zero-order chi connectivity index (χ0) is 15.5. The molecule has 5 nitrogen and oxygen atoms in total. The first-order valence-corrected chi connectivity index (χ1v) is 8.56. The summed E-state index contributed by atoms with van der Waals surface area (Å²) in [5.41, 5.74) is 0.250. The highest BCUT2D eigenvalue weighted by molar-refractivity contribution is 7.90. The number of nitrogens with zero attached hydrogens (tertiary/aromatic N) is 2. The van der Waals surface area contributed by atoms with Crippen molar-refractivity contribution in [2.75, 3.05) is 37.4 Å². The fourth-order valence-electron chi connectivity index (χ4n) is 2.43. The fraction of sp³-hybridized carbons (Fsp3) is 0.571. The van der Waals surface area contributed by atoms with E-state index in [1.165, 1.54) is 28.6 Å². The molecule has 0 spiro atoms. The third kappa shape index (κ3) is 4.66. The molecule has 0 aromatic heterocycles. The number of benzene rings is 1. The molecule has 0 unspecified atom stereocenters. The highest BCUT2D eigenvalue weighted by Crippen LogP contribution is 2.15. The monoisotopic (exact) mass is 315 g/mol. The van der Waals surface area contributed by atoms with E-state index in [4.69, 9.17) is 0 Å². The van der Waals surface area contributed by atoms with Gasteiger partial charge < -0.3 is 4.90 Å². The Morgan fingerprint density at radius 2 is 1.90 bits per heavy atom. The summed E-state index contributed by atoms with van der Waals surface area (Å²) in [5.74, 6) is 0.107. The molecule has 1 saturated heterocycles. The van der Waals surface area contributed by atoms with Gasteiger partial charge in [0.25, 0.3) is 0 Å². The summed E-state index contributed by atoms with van der Waals surface area (Å²) in [6.45, 7) is 7.63. The number of nitrogens with one attached hydrogen (secondary N) is 1. The molecule has 0 radical (unpaired) electrons. The molecule has 2 rings (SSSR count). The van der Waals surface area contributed by atoms with Crippen LogP contribution in [0.15, 0.2) is 24.3 Å².